The SMILES string of the molecule is O=C1CN(C(=O)Cc2cccc3ccccc23)C(c2ccccc2)c2cc(Cl)ccc2N1. The van der Waals surface area contributed by atoms with Crippen molar-refractivity contribution in [2.75, 3.05) is 11.9 Å². The Balaban J connectivity index is 1.60. The first-order valence-corrected chi connectivity index (χ1v) is 10.9. The lowest BCUT2D eigenvalue weighted by atomic mass is 9.95. The highest BCUT2D eigenvalue weighted by Gasteiger charge is 2.33. The Bertz CT molecular complexity index is 1310. The molecule has 4 nitrogen and oxygen atoms in total. The van der Waals surface area contributed by atoms with Gasteiger partial charge < -0.3 is 10.2 Å². The van der Waals surface area contributed by atoms with Crippen LogP contribution in [0, 0.1) is 0 Å². The predicted octanol–water partition coefficient (Wildman–Crippen LogP) is 5.61. The molecule has 32 heavy (non-hydrogen) atoms. The summed E-state index contributed by atoms with van der Waals surface area (Å²) in [4.78, 5) is 28.1. The van der Waals surface area contributed by atoms with Crippen LogP contribution in [0.4, 0.5) is 5.69 Å². The van der Waals surface area contributed by atoms with Gasteiger partial charge in [-0.1, -0.05) is 84.4 Å². The number of hydrogen-bond acceptors (Lipinski definition) is 2. The van der Waals surface area contributed by atoms with Gasteiger partial charge in [0.05, 0.1) is 12.5 Å². The van der Waals surface area contributed by atoms with E-state index in [2.05, 4.69) is 5.32 Å². The van der Waals surface area contributed by atoms with Crippen LogP contribution in [0.2, 0.25) is 5.02 Å². The maximum atomic E-state index is 13.7. The molecule has 1 N–H and O–H groups in total. The number of nitrogens with zero attached hydrogens (tertiary/aromatic N) is 1. The fourth-order valence-corrected chi connectivity index (χ4v) is 4.60. The molecule has 4 aromatic rings. The van der Waals surface area contributed by atoms with Crippen LogP contribution < -0.4 is 5.32 Å². The highest BCUT2D eigenvalue weighted by atomic mass is 35.5. The molecule has 0 saturated carbocycles. The van der Waals surface area contributed by atoms with Crippen molar-refractivity contribution in [1.29, 1.82) is 0 Å². The lowest BCUT2D eigenvalue weighted by molar-refractivity contribution is -0.135. The Morgan fingerprint density at radius 2 is 1.69 bits per heavy atom. The van der Waals surface area contributed by atoms with E-state index in [1.54, 1.807) is 17.0 Å². The normalized spacial score (nSPS) is 15.7. The zero-order chi connectivity index (χ0) is 22.1. The van der Waals surface area contributed by atoms with Gasteiger partial charge in [0.25, 0.3) is 0 Å². The number of halogens is 1. The summed E-state index contributed by atoms with van der Waals surface area (Å²) in [6.45, 7) is -0.0323. The molecule has 0 aliphatic carbocycles. The van der Waals surface area contributed by atoms with Gasteiger partial charge in [-0.15, -0.1) is 0 Å². The summed E-state index contributed by atoms with van der Waals surface area (Å²) in [6.07, 6.45) is 0.202. The van der Waals surface area contributed by atoms with E-state index in [0.717, 1.165) is 27.5 Å². The van der Waals surface area contributed by atoms with Crippen molar-refractivity contribution >= 4 is 39.9 Å². The topological polar surface area (TPSA) is 49.4 Å². The van der Waals surface area contributed by atoms with Gasteiger partial charge in [-0.05, 0) is 40.1 Å². The minimum atomic E-state index is -0.425. The first kappa shape index (κ1) is 20.3. The van der Waals surface area contributed by atoms with Crippen LogP contribution in [-0.2, 0) is 16.0 Å². The Hall–Kier alpha value is -3.63. The molecular formula is C27H21ClN2O2. The molecule has 5 rings (SSSR count). The summed E-state index contributed by atoms with van der Waals surface area (Å²) >= 11 is 6.33. The molecule has 0 saturated heterocycles. The molecule has 1 unspecified atom stereocenters. The van der Waals surface area contributed by atoms with E-state index < -0.39 is 6.04 Å². The van der Waals surface area contributed by atoms with Crippen LogP contribution >= 0.6 is 11.6 Å². The molecule has 0 aromatic heterocycles. The van der Waals surface area contributed by atoms with Crippen LogP contribution in [0.15, 0.2) is 91.0 Å². The number of rotatable bonds is 3. The van der Waals surface area contributed by atoms with Gasteiger partial charge in [-0.25, -0.2) is 0 Å². The van der Waals surface area contributed by atoms with E-state index in [1.807, 2.05) is 78.9 Å². The molecular weight excluding hydrogens is 420 g/mol. The Morgan fingerprint density at radius 3 is 2.53 bits per heavy atom. The van der Waals surface area contributed by atoms with Crippen LogP contribution in [0.5, 0.6) is 0 Å². The van der Waals surface area contributed by atoms with Gasteiger partial charge in [0.1, 0.15) is 6.54 Å². The maximum Gasteiger partial charge on any atom is 0.244 e. The van der Waals surface area contributed by atoms with E-state index in [-0.39, 0.29) is 24.8 Å². The summed E-state index contributed by atoms with van der Waals surface area (Å²) < 4.78 is 0. The Kier molecular flexibility index (Phi) is 5.38. The van der Waals surface area contributed by atoms with Crippen LogP contribution in [0.1, 0.15) is 22.7 Å². The van der Waals surface area contributed by atoms with Gasteiger partial charge >= 0.3 is 0 Å². The van der Waals surface area contributed by atoms with E-state index in [9.17, 15) is 9.59 Å². The maximum absolute atomic E-state index is 13.7. The highest BCUT2D eigenvalue weighted by Crippen LogP contribution is 2.37. The molecule has 1 aliphatic rings. The number of amides is 2. The van der Waals surface area contributed by atoms with Gasteiger partial charge in [-0.2, -0.15) is 0 Å². The van der Waals surface area contributed by atoms with Crippen LogP contribution in [-0.4, -0.2) is 23.3 Å². The molecule has 0 radical (unpaired) electrons. The average Bonchev–Trinajstić information content (AvgIpc) is 2.95. The summed E-state index contributed by atoms with van der Waals surface area (Å²) in [6, 6.07) is 28.7. The predicted molar refractivity (Wildman–Crippen MR) is 128 cm³/mol. The quantitative estimate of drug-likeness (QED) is 0.450. The smallest absolute Gasteiger partial charge is 0.244 e. The Labute approximate surface area is 191 Å². The summed E-state index contributed by atoms with van der Waals surface area (Å²) in [7, 11) is 0. The van der Waals surface area contributed by atoms with E-state index >= 15 is 0 Å². The van der Waals surface area contributed by atoms with Gasteiger partial charge in [0.2, 0.25) is 11.8 Å². The fourth-order valence-electron chi connectivity index (χ4n) is 4.42. The molecule has 1 aliphatic heterocycles. The standard InChI is InChI=1S/C27H21ClN2O2/c28-21-13-14-24-23(16-21)27(19-8-2-1-3-9-19)30(17-25(31)29-24)26(32)15-20-11-6-10-18-7-4-5-12-22(18)20/h1-14,16,27H,15,17H2,(H,29,31). The molecule has 4 aromatic carbocycles. The average molecular weight is 441 g/mol. The number of anilines is 1. The molecule has 5 heteroatoms. The van der Waals surface area contributed by atoms with Crippen LogP contribution in [0.3, 0.4) is 0 Å². The van der Waals surface area contributed by atoms with Crippen molar-refractivity contribution in [2.24, 2.45) is 0 Å². The van der Waals surface area contributed by atoms with Crippen molar-refractivity contribution in [3.8, 4) is 0 Å². The highest BCUT2D eigenvalue weighted by molar-refractivity contribution is 6.30. The van der Waals surface area contributed by atoms with E-state index in [1.165, 1.54) is 0 Å². The van der Waals surface area contributed by atoms with Crippen molar-refractivity contribution < 1.29 is 9.59 Å². The molecule has 0 fully saturated rings. The number of benzene rings is 4. The van der Waals surface area contributed by atoms with Crippen molar-refractivity contribution in [2.45, 2.75) is 12.5 Å². The summed E-state index contributed by atoms with van der Waals surface area (Å²) in [5, 5.41) is 5.62. The second-order valence-electron chi connectivity index (χ2n) is 7.93. The molecule has 1 heterocycles. The number of fused-ring (bicyclic) bond motifs is 2. The first-order valence-electron chi connectivity index (χ1n) is 10.5. The molecule has 158 valence electrons. The molecule has 2 amide bonds. The van der Waals surface area contributed by atoms with Crippen LogP contribution in [0.25, 0.3) is 10.8 Å². The van der Waals surface area contributed by atoms with Gasteiger partial charge in [0, 0.05) is 16.3 Å². The zero-order valence-electron chi connectivity index (χ0n) is 17.3. The number of carbonyl (C=O) groups is 2. The minimum Gasteiger partial charge on any atom is -0.324 e. The second-order valence-corrected chi connectivity index (χ2v) is 8.37. The Morgan fingerprint density at radius 1 is 0.938 bits per heavy atom. The summed E-state index contributed by atoms with van der Waals surface area (Å²) in [5.74, 6) is -0.337. The minimum absolute atomic E-state index is 0.0323. The third-order valence-corrected chi connectivity index (χ3v) is 6.10. The molecule has 1 atom stereocenters. The summed E-state index contributed by atoms with van der Waals surface area (Å²) in [5.41, 5.74) is 3.35. The third kappa shape index (κ3) is 3.85. The van der Waals surface area contributed by atoms with Crippen molar-refractivity contribution in [3.63, 3.8) is 0 Å². The number of carbonyl (C=O) groups excluding carboxylic acids is 2. The monoisotopic (exact) mass is 440 g/mol. The fraction of sp³-hybridized carbons (Fsp3) is 0.111. The first-order chi connectivity index (χ1) is 15.6. The third-order valence-electron chi connectivity index (χ3n) is 5.87. The van der Waals surface area contributed by atoms with E-state index in [4.69, 9.17) is 11.6 Å². The van der Waals surface area contributed by atoms with Crippen molar-refractivity contribution in [1.82, 2.24) is 4.90 Å². The second kappa shape index (κ2) is 8.48. The van der Waals surface area contributed by atoms with E-state index in [0.29, 0.717) is 10.7 Å². The number of nitrogens with one attached hydrogen (secondary N) is 1. The largest absolute Gasteiger partial charge is 0.324 e. The zero-order valence-corrected chi connectivity index (χ0v) is 18.0. The van der Waals surface area contributed by atoms with Gasteiger partial charge in [0.15, 0.2) is 0 Å². The lowest BCUT2D eigenvalue weighted by Crippen LogP contribution is -2.39. The van der Waals surface area contributed by atoms with Crippen molar-refractivity contribution in [3.05, 3.63) is 113 Å². The number of hydrogen-bond donors (Lipinski definition) is 1. The lowest BCUT2D eigenvalue weighted by Gasteiger charge is -2.31. The molecule has 0 spiro atoms. The molecule has 0 bridgehead atoms. The van der Waals surface area contributed by atoms with Gasteiger partial charge in [-0.3, -0.25) is 9.59 Å².